The minimum atomic E-state index is -0.499. The van der Waals surface area contributed by atoms with Gasteiger partial charge in [-0.25, -0.2) is 9.37 Å². The fraction of sp³-hybridized carbons (Fsp3) is 0.364. The molecule has 0 radical (unpaired) electrons. The van der Waals surface area contributed by atoms with Crippen molar-refractivity contribution in [2.75, 3.05) is 50.9 Å². The van der Waals surface area contributed by atoms with E-state index in [1.54, 1.807) is 23.1 Å². The molecule has 1 aliphatic rings. The number of carbonyl (C=O) groups is 1. The van der Waals surface area contributed by atoms with Gasteiger partial charge in [0.25, 0.3) is 5.91 Å². The van der Waals surface area contributed by atoms with Crippen LogP contribution in [0.1, 0.15) is 6.42 Å². The summed E-state index contributed by atoms with van der Waals surface area (Å²) in [5.74, 6) is -0.724. The van der Waals surface area contributed by atoms with Crippen LogP contribution >= 0.6 is 22.9 Å². The summed E-state index contributed by atoms with van der Waals surface area (Å²) in [6.45, 7) is 4.30. The summed E-state index contributed by atoms with van der Waals surface area (Å²) in [5.41, 5.74) is 0.671. The summed E-state index contributed by atoms with van der Waals surface area (Å²) in [5, 5.41) is 1.11. The first-order chi connectivity index (χ1) is 15.1. The molecule has 0 unspecified atom stereocenters. The first-order valence-corrected chi connectivity index (χ1v) is 11.3. The van der Waals surface area contributed by atoms with Crippen LogP contribution in [-0.4, -0.2) is 61.8 Å². The number of hydrogen-bond acceptors (Lipinski definition) is 6. The standard InChI is InChI=1S/C22H23ClFN3O3S/c23-16-5-3-8-19-21(16)25-22(31-19)27(10-4-9-26-11-13-29-14-12-26)20(28)15-30-18-7-2-1-6-17(18)24/h1-3,5-8H,4,9-15H2. The first-order valence-electron chi connectivity index (χ1n) is 10.1. The summed E-state index contributed by atoms with van der Waals surface area (Å²) in [7, 11) is 0. The quantitative estimate of drug-likeness (QED) is 0.500. The van der Waals surface area contributed by atoms with Gasteiger partial charge in [0.05, 0.1) is 22.9 Å². The molecule has 164 valence electrons. The monoisotopic (exact) mass is 463 g/mol. The normalized spacial score (nSPS) is 14.6. The zero-order chi connectivity index (χ0) is 21.6. The van der Waals surface area contributed by atoms with E-state index in [1.807, 2.05) is 12.1 Å². The van der Waals surface area contributed by atoms with Crippen LogP contribution in [0.15, 0.2) is 42.5 Å². The molecule has 0 aliphatic carbocycles. The summed E-state index contributed by atoms with van der Waals surface area (Å²) in [6.07, 6.45) is 0.773. The van der Waals surface area contributed by atoms with E-state index in [-0.39, 0.29) is 18.3 Å². The van der Waals surface area contributed by atoms with Crippen molar-refractivity contribution in [1.82, 2.24) is 9.88 Å². The van der Waals surface area contributed by atoms with Gasteiger partial charge in [-0.1, -0.05) is 41.1 Å². The Bertz CT molecular complexity index is 1040. The van der Waals surface area contributed by atoms with E-state index in [9.17, 15) is 9.18 Å². The fourth-order valence-electron chi connectivity index (χ4n) is 3.40. The molecule has 0 spiro atoms. The van der Waals surface area contributed by atoms with Crippen molar-refractivity contribution in [3.63, 3.8) is 0 Å². The van der Waals surface area contributed by atoms with Gasteiger partial charge < -0.3 is 9.47 Å². The SMILES string of the molecule is O=C(COc1ccccc1F)N(CCCN1CCOCC1)c1nc2c(Cl)cccc2s1. The number of aromatic nitrogens is 1. The third-order valence-corrected chi connectivity index (χ3v) is 6.39. The molecule has 9 heteroatoms. The number of benzene rings is 2. The molecule has 2 aromatic carbocycles. The van der Waals surface area contributed by atoms with Crippen molar-refractivity contribution >= 4 is 44.2 Å². The second-order valence-electron chi connectivity index (χ2n) is 7.16. The van der Waals surface area contributed by atoms with Crippen molar-refractivity contribution in [1.29, 1.82) is 0 Å². The van der Waals surface area contributed by atoms with Gasteiger partial charge in [0.1, 0.15) is 5.52 Å². The maximum absolute atomic E-state index is 13.9. The van der Waals surface area contributed by atoms with Gasteiger partial charge in [-0.2, -0.15) is 0 Å². The highest BCUT2D eigenvalue weighted by Gasteiger charge is 2.22. The molecule has 6 nitrogen and oxygen atoms in total. The molecule has 2 heterocycles. The lowest BCUT2D eigenvalue weighted by Gasteiger charge is -2.27. The van der Waals surface area contributed by atoms with Crippen LogP contribution in [0.4, 0.5) is 9.52 Å². The van der Waals surface area contributed by atoms with Gasteiger partial charge in [-0.3, -0.25) is 14.6 Å². The maximum atomic E-state index is 13.9. The molecule has 1 aliphatic heterocycles. The van der Waals surface area contributed by atoms with E-state index in [2.05, 4.69) is 9.88 Å². The molecule has 0 atom stereocenters. The largest absolute Gasteiger partial charge is 0.481 e. The van der Waals surface area contributed by atoms with Crippen LogP contribution in [0.5, 0.6) is 5.75 Å². The Kier molecular flexibility index (Phi) is 7.34. The van der Waals surface area contributed by atoms with Crippen molar-refractivity contribution in [2.24, 2.45) is 0 Å². The number of thiazole rings is 1. The Morgan fingerprint density at radius 1 is 1.23 bits per heavy atom. The maximum Gasteiger partial charge on any atom is 0.266 e. The molecule has 31 heavy (non-hydrogen) atoms. The number of hydrogen-bond donors (Lipinski definition) is 0. The second kappa shape index (κ2) is 10.4. The third-order valence-electron chi connectivity index (χ3n) is 5.04. The Morgan fingerprint density at radius 3 is 2.81 bits per heavy atom. The van der Waals surface area contributed by atoms with Gasteiger partial charge >= 0.3 is 0 Å². The first kappa shape index (κ1) is 22.0. The summed E-state index contributed by atoms with van der Waals surface area (Å²) < 4.78 is 25.6. The highest BCUT2D eigenvalue weighted by Crippen LogP contribution is 2.33. The minimum Gasteiger partial charge on any atom is -0.481 e. The number of rotatable bonds is 8. The molecule has 0 saturated carbocycles. The predicted molar refractivity (Wildman–Crippen MR) is 121 cm³/mol. The topological polar surface area (TPSA) is 54.9 Å². The number of morpholine rings is 1. The van der Waals surface area contributed by atoms with Crippen LogP contribution in [0.2, 0.25) is 5.02 Å². The number of halogens is 2. The second-order valence-corrected chi connectivity index (χ2v) is 8.57. The zero-order valence-electron chi connectivity index (χ0n) is 16.9. The molecule has 1 aromatic heterocycles. The summed E-state index contributed by atoms with van der Waals surface area (Å²) in [6, 6.07) is 11.6. The Hall–Kier alpha value is -2.26. The van der Waals surface area contributed by atoms with Gasteiger partial charge in [0.2, 0.25) is 0 Å². The van der Waals surface area contributed by atoms with Crippen LogP contribution < -0.4 is 9.64 Å². The minimum absolute atomic E-state index is 0.0523. The van der Waals surface area contributed by atoms with E-state index in [1.165, 1.54) is 23.5 Å². The Morgan fingerprint density at radius 2 is 2.03 bits per heavy atom. The van der Waals surface area contributed by atoms with E-state index < -0.39 is 5.82 Å². The van der Waals surface area contributed by atoms with E-state index in [0.29, 0.717) is 22.2 Å². The molecule has 1 saturated heterocycles. The van der Waals surface area contributed by atoms with E-state index in [4.69, 9.17) is 21.1 Å². The van der Waals surface area contributed by atoms with Gasteiger partial charge in [0, 0.05) is 26.2 Å². The lowest BCUT2D eigenvalue weighted by molar-refractivity contribution is -0.120. The number of fused-ring (bicyclic) bond motifs is 1. The average molecular weight is 464 g/mol. The van der Waals surface area contributed by atoms with Gasteiger partial charge in [-0.15, -0.1) is 0 Å². The number of amides is 1. The number of para-hydroxylation sites is 2. The molecular weight excluding hydrogens is 441 g/mol. The van der Waals surface area contributed by atoms with Crippen molar-refractivity contribution < 1.29 is 18.7 Å². The van der Waals surface area contributed by atoms with Crippen LogP contribution in [0.25, 0.3) is 10.2 Å². The third kappa shape index (κ3) is 5.51. The van der Waals surface area contributed by atoms with E-state index >= 15 is 0 Å². The number of ether oxygens (including phenoxy) is 2. The molecular formula is C22H23ClFN3O3S. The highest BCUT2D eigenvalue weighted by molar-refractivity contribution is 7.22. The fourth-order valence-corrected chi connectivity index (χ4v) is 4.71. The average Bonchev–Trinajstić information content (AvgIpc) is 3.22. The molecule has 1 amide bonds. The molecule has 0 bridgehead atoms. The molecule has 3 aromatic rings. The number of carbonyl (C=O) groups excluding carboxylic acids is 1. The summed E-state index contributed by atoms with van der Waals surface area (Å²) in [4.78, 5) is 21.6. The smallest absolute Gasteiger partial charge is 0.266 e. The zero-order valence-corrected chi connectivity index (χ0v) is 18.5. The lowest BCUT2D eigenvalue weighted by atomic mass is 10.3. The van der Waals surface area contributed by atoms with E-state index in [0.717, 1.165) is 44.0 Å². The number of anilines is 1. The van der Waals surface area contributed by atoms with Gasteiger partial charge in [-0.05, 0) is 30.7 Å². The predicted octanol–water partition coefficient (Wildman–Crippen LogP) is 4.22. The molecule has 4 rings (SSSR count). The molecule has 0 N–H and O–H groups in total. The number of nitrogens with zero attached hydrogens (tertiary/aromatic N) is 3. The Balaban J connectivity index is 1.48. The summed E-state index contributed by atoms with van der Waals surface area (Å²) >= 11 is 7.68. The molecule has 1 fully saturated rings. The highest BCUT2D eigenvalue weighted by atomic mass is 35.5. The Labute approximate surface area is 189 Å². The van der Waals surface area contributed by atoms with Gasteiger partial charge in [0.15, 0.2) is 23.3 Å². The van der Waals surface area contributed by atoms with Crippen LogP contribution in [0, 0.1) is 5.82 Å². The lowest BCUT2D eigenvalue weighted by Crippen LogP contribution is -2.40. The van der Waals surface area contributed by atoms with Crippen molar-refractivity contribution in [3.8, 4) is 5.75 Å². The van der Waals surface area contributed by atoms with Crippen molar-refractivity contribution in [3.05, 3.63) is 53.3 Å². The van der Waals surface area contributed by atoms with Crippen molar-refractivity contribution in [2.45, 2.75) is 6.42 Å². The van der Waals surface area contributed by atoms with Crippen LogP contribution in [0.3, 0.4) is 0 Å². The van der Waals surface area contributed by atoms with Crippen LogP contribution in [-0.2, 0) is 9.53 Å².